The molecule has 2 aliphatic heterocycles. The van der Waals surface area contributed by atoms with Crippen LogP contribution in [0.3, 0.4) is 0 Å². The highest BCUT2D eigenvalue weighted by atomic mass is 32.2. The van der Waals surface area contributed by atoms with Gasteiger partial charge >= 0.3 is 0 Å². The molecule has 1 fully saturated rings. The first-order valence-electron chi connectivity index (χ1n) is 7.09. The molecule has 1 aromatic carbocycles. The van der Waals surface area contributed by atoms with Crippen molar-refractivity contribution < 1.29 is 4.39 Å². The molecule has 0 radical (unpaired) electrons. The SMILES string of the molecule is CN1CCCN(C2CCSc3ccc(F)cc32)CC1. The number of nitrogens with zero attached hydrogens (tertiary/aromatic N) is 2. The van der Waals surface area contributed by atoms with Crippen LogP contribution in [-0.4, -0.2) is 48.8 Å². The number of hydrogen-bond acceptors (Lipinski definition) is 3. The average molecular weight is 280 g/mol. The summed E-state index contributed by atoms with van der Waals surface area (Å²) >= 11 is 1.87. The van der Waals surface area contributed by atoms with Gasteiger partial charge in [-0.15, -0.1) is 11.8 Å². The summed E-state index contributed by atoms with van der Waals surface area (Å²) in [5.74, 6) is 1.05. The number of benzene rings is 1. The molecule has 0 amide bonds. The lowest BCUT2D eigenvalue weighted by Crippen LogP contribution is -2.34. The molecule has 1 saturated heterocycles. The average Bonchev–Trinajstić information content (AvgIpc) is 2.63. The van der Waals surface area contributed by atoms with E-state index in [1.807, 2.05) is 17.8 Å². The Kier molecular flexibility index (Phi) is 4.10. The van der Waals surface area contributed by atoms with E-state index >= 15 is 0 Å². The zero-order chi connectivity index (χ0) is 13.2. The van der Waals surface area contributed by atoms with E-state index in [1.165, 1.54) is 23.4 Å². The number of fused-ring (bicyclic) bond motifs is 1. The fraction of sp³-hybridized carbons (Fsp3) is 0.600. The summed E-state index contributed by atoms with van der Waals surface area (Å²) in [6.45, 7) is 4.53. The van der Waals surface area contributed by atoms with Gasteiger partial charge in [-0.05, 0) is 55.9 Å². The van der Waals surface area contributed by atoms with Crippen molar-refractivity contribution in [3.05, 3.63) is 29.6 Å². The summed E-state index contributed by atoms with van der Waals surface area (Å²) in [6, 6.07) is 5.70. The van der Waals surface area contributed by atoms with E-state index in [0.29, 0.717) is 6.04 Å². The molecule has 0 aromatic heterocycles. The van der Waals surface area contributed by atoms with Gasteiger partial charge in [0.1, 0.15) is 5.82 Å². The molecular formula is C15H21FN2S. The van der Waals surface area contributed by atoms with Crippen molar-refractivity contribution in [3.8, 4) is 0 Å². The third kappa shape index (κ3) is 2.96. The van der Waals surface area contributed by atoms with E-state index < -0.39 is 0 Å². The third-order valence-electron chi connectivity index (χ3n) is 4.17. The Balaban J connectivity index is 1.84. The Bertz CT molecular complexity index is 452. The van der Waals surface area contributed by atoms with Gasteiger partial charge in [-0.3, -0.25) is 4.90 Å². The molecule has 1 atom stereocenters. The van der Waals surface area contributed by atoms with Gasteiger partial charge in [-0.2, -0.15) is 0 Å². The zero-order valence-corrected chi connectivity index (χ0v) is 12.3. The van der Waals surface area contributed by atoms with Gasteiger partial charge in [0.2, 0.25) is 0 Å². The molecule has 0 N–H and O–H groups in total. The molecule has 2 nitrogen and oxygen atoms in total. The third-order valence-corrected chi connectivity index (χ3v) is 5.30. The van der Waals surface area contributed by atoms with Crippen molar-refractivity contribution in [1.82, 2.24) is 9.80 Å². The van der Waals surface area contributed by atoms with Gasteiger partial charge < -0.3 is 4.90 Å². The van der Waals surface area contributed by atoms with Crippen LogP contribution in [-0.2, 0) is 0 Å². The number of hydrogen-bond donors (Lipinski definition) is 0. The Labute approximate surface area is 119 Å². The monoisotopic (exact) mass is 280 g/mol. The normalized spacial score (nSPS) is 25.9. The predicted octanol–water partition coefficient (Wildman–Crippen LogP) is 3.00. The van der Waals surface area contributed by atoms with Crippen LogP contribution < -0.4 is 0 Å². The summed E-state index contributed by atoms with van der Waals surface area (Å²) in [5, 5.41) is 0. The first-order valence-corrected chi connectivity index (χ1v) is 8.07. The van der Waals surface area contributed by atoms with Crippen molar-refractivity contribution in [1.29, 1.82) is 0 Å². The topological polar surface area (TPSA) is 6.48 Å². The molecule has 0 saturated carbocycles. The van der Waals surface area contributed by atoms with E-state index in [1.54, 1.807) is 12.1 Å². The molecule has 104 valence electrons. The molecule has 19 heavy (non-hydrogen) atoms. The number of halogens is 1. The van der Waals surface area contributed by atoms with Crippen LogP contribution >= 0.6 is 11.8 Å². The molecule has 2 heterocycles. The van der Waals surface area contributed by atoms with Crippen LogP contribution in [0.4, 0.5) is 4.39 Å². The molecule has 1 unspecified atom stereocenters. The van der Waals surface area contributed by atoms with Crippen LogP contribution in [0.1, 0.15) is 24.4 Å². The number of rotatable bonds is 1. The maximum absolute atomic E-state index is 13.5. The molecule has 0 bridgehead atoms. The molecule has 3 rings (SSSR count). The Morgan fingerprint density at radius 3 is 3.00 bits per heavy atom. The summed E-state index contributed by atoms with van der Waals surface area (Å²) < 4.78 is 13.5. The van der Waals surface area contributed by atoms with E-state index in [-0.39, 0.29) is 5.82 Å². The number of thioether (sulfide) groups is 1. The van der Waals surface area contributed by atoms with E-state index in [0.717, 1.165) is 31.8 Å². The smallest absolute Gasteiger partial charge is 0.123 e. The first-order chi connectivity index (χ1) is 9.24. The van der Waals surface area contributed by atoms with Gasteiger partial charge in [0.25, 0.3) is 0 Å². The highest BCUT2D eigenvalue weighted by molar-refractivity contribution is 7.99. The molecule has 4 heteroatoms. The molecule has 1 aromatic rings. The summed E-state index contributed by atoms with van der Waals surface area (Å²) in [5.41, 5.74) is 1.21. The second-order valence-corrected chi connectivity index (χ2v) is 6.66. The quantitative estimate of drug-likeness (QED) is 0.781. The minimum atomic E-state index is -0.0989. The summed E-state index contributed by atoms with van der Waals surface area (Å²) in [4.78, 5) is 6.22. The Hall–Kier alpha value is -0.580. The van der Waals surface area contributed by atoms with Gasteiger partial charge in [0.15, 0.2) is 0 Å². The first kappa shape index (κ1) is 13.4. The Morgan fingerprint density at radius 2 is 2.11 bits per heavy atom. The van der Waals surface area contributed by atoms with Crippen molar-refractivity contribution in [3.63, 3.8) is 0 Å². The maximum atomic E-state index is 13.5. The van der Waals surface area contributed by atoms with E-state index in [4.69, 9.17) is 0 Å². The maximum Gasteiger partial charge on any atom is 0.123 e. The van der Waals surface area contributed by atoms with Crippen LogP contribution in [0, 0.1) is 5.82 Å². The minimum absolute atomic E-state index is 0.0989. The van der Waals surface area contributed by atoms with Gasteiger partial charge in [0.05, 0.1) is 0 Å². The van der Waals surface area contributed by atoms with E-state index in [2.05, 4.69) is 16.8 Å². The van der Waals surface area contributed by atoms with Crippen molar-refractivity contribution in [2.75, 3.05) is 39.0 Å². The highest BCUT2D eigenvalue weighted by Gasteiger charge is 2.27. The van der Waals surface area contributed by atoms with Gasteiger partial charge in [-0.1, -0.05) is 0 Å². The second-order valence-electron chi connectivity index (χ2n) is 5.53. The predicted molar refractivity (Wildman–Crippen MR) is 78.2 cm³/mol. The fourth-order valence-corrected chi connectivity index (χ4v) is 4.19. The number of likely N-dealkylation sites (N-methyl/N-ethyl adjacent to an activating group) is 1. The van der Waals surface area contributed by atoms with Crippen molar-refractivity contribution in [2.24, 2.45) is 0 Å². The summed E-state index contributed by atoms with van der Waals surface area (Å²) in [6.07, 6.45) is 2.36. The molecule has 2 aliphatic rings. The van der Waals surface area contributed by atoms with Crippen LogP contribution in [0.25, 0.3) is 0 Å². The second kappa shape index (κ2) is 5.81. The summed E-state index contributed by atoms with van der Waals surface area (Å²) in [7, 11) is 2.19. The standard InChI is InChI=1S/C15H21FN2S/c1-17-6-2-7-18(9-8-17)14-5-10-19-15-4-3-12(16)11-13(14)15/h3-4,11,14H,2,5-10H2,1H3. The largest absolute Gasteiger partial charge is 0.305 e. The lowest BCUT2D eigenvalue weighted by Gasteiger charge is -2.34. The zero-order valence-electron chi connectivity index (χ0n) is 11.4. The lowest BCUT2D eigenvalue weighted by molar-refractivity contribution is 0.195. The van der Waals surface area contributed by atoms with Crippen LogP contribution in [0.5, 0.6) is 0 Å². The fourth-order valence-electron chi connectivity index (χ4n) is 3.10. The molecule has 0 aliphatic carbocycles. The van der Waals surface area contributed by atoms with Crippen LogP contribution in [0.15, 0.2) is 23.1 Å². The Morgan fingerprint density at radius 1 is 1.21 bits per heavy atom. The minimum Gasteiger partial charge on any atom is -0.305 e. The van der Waals surface area contributed by atoms with Gasteiger partial charge in [0, 0.05) is 30.6 Å². The van der Waals surface area contributed by atoms with Crippen molar-refractivity contribution in [2.45, 2.75) is 23.8 Å². The highest BCUT2D eigenvalue weighted by Crippen LogP contribution is 2.39. The van der Waals surface area contributed by atoms with Gasteiger partial charge in [-0.25, -0.2) is 4.39 Å². The van der Waals surface area contributed by atoms with Crippen molar-refractivity contribution >= 4 is 11.8 Å². The molecule has 0 spiro atoms. The molecular weight excluding hydrogens is 259 g/mol. The lowest BCUT2D eigenvalue weighted by atomic mass is 10.0. The van der Waals surface area contributed by atoms with Crippen LogP contribution in [0.2, 0.25) is 0 Å². The van der Waals surface area contributed by atoms with E-state index in [9.17, 15) is 4.39 Å².